The van der Waals surface area contributed by atoms with Crippen LogP contribution in [0.1, 0.15) is 5.56 Å². The molecule has 0 saturated heterocycles. The van der Waals surface area contributed by atoms with Crippen LogP contribution in [0.5, 0.6) is 0 Å². The molecule has 0 saturated carbocycles. The van der Waals surface area contributed by atoms with Crippen LogP contribution < -0.4 is 16.8 Å². The predicted octanol–water partition coefficient (Wildman–Crippen LogP) is 0.602. The molecule has 0 aliphatic heterocycles. The Bertz CT molecular complexity index is 268. The number of anilines is 1. The van der Waals surface area contributed by atoms with Gasteiger partial charge in [0.1, 0.15) is 0 Å². The third kappa shape index (κ3) is 2.75. The van der Waals surface area contributed by atoms with Gasteiger partial charge in [0.25, 0.3) is 0 Å². The van der Waals surface area contributed by atoms with E-state index in [1.54, 1.807) is 0 Å². The van der Waals surface area contributed by atoms with Gasteiger partial charge < -0.3 is 16.8 Å². The van der Waals surface area contributed by atoms with Crippen LogP contribution in [0.4, 0.5) is 5.69 Å². The van der Waals surface area contributed by atoms with Gasteiger partial charge in [-0.15, -0.1) is 0 Å². The SMILES string of the molecule is NC(=S)NCc1ccc(N)cc1. The maximum Gasteiger partial charge on any atom is 0.163 e. The summed E-state index contributed by atoms with van der Waals surface area (Å²) < 4.78 is 0. The van der Waals surface area contributed by atoms with E-state index in [1.807, 2.05) is 24.3 Å². The first kappa shape index (κ1) is 8.80. The average molecular weight is 181 g/mol. The summed E-state index contributed by atoms with van der Waals surface area (Å²) in [6, 6.07) is 7.55. The molecule has 3 nitrogen and oxygen atoms in total. The van der Waals surface area contributed by atoms with Crippen LogP contribution in [0.15, 0.2) is 24.3 Å². The Morgan fingerprint density at radius 2 is 1.92 bits per heavy atom. The Balaban J connectivity index is 2.53. The summed E-state index contributed by atoms with van der Waals surface area (Å²) in [7, 11) is 0. The molecule has 0 aromatic heterocycles. The quantitative estimate of drug-likeness (QED) is 0.462. The molecule has 0 aliphatic carbocycles. The van der Waals surface area contributed by atoms with Crippen LogP contribution in [0.25, 0.3) is 0 Å². The van der Waals surface area contributed by atoms with Crippen LogP contribution in [0.2, 0.25) is 0 Å². The lowest BCUT2D eigenvalue weighted by molar-refractivity contribution is 0.920. The number of hydrogen-bond acceptors (Lipinski definition) is 2. The molecular weight excluding hydrogens is 170 g/mol. The maximum atomic E-state index is 5.51. The Kier molecular flexibility index (Phi) is 2.88. The van der Waals surface area contributed by atoms with Crippen LogP contribution in [0.3, 0.4) is 0 Å². The fraction of sp³-hybridized carbons (Fsp3) is 0.125. The largest absolute Gasteiger partial charge is 0.399 e. The molecule has 0 heterocycles. The molecule has 1 aromatic rings. The second-order valence-electron chi connectivity index (χ2n) is 2.46. The van der Waals surface area contributed by atoms with Crippen LogP contribution in [-0.2, 0) is 6.54 Å². The minimum absolute atomic E-state index is 0.312. The molecule has 0 radical (unpaired) electrons. The lowest BCUT2D eigenvalue weighted by Crippen LogP contribution is -2.28. The highest BCUT2D eigenvalue weighted by molar-refractivity contribution is 7.80. The lowest BCUT2D eigenvalue weighted by Gasteiger charge is -2.03. The van der Waals surface area contributed by atoms with Crippen molar-refractivity contribution in [2.24, 2.45) is 5.73 Å². The molecule has 0 fully saturated rings. The molecule has 5 N–H and O–H groups in total. The van der Waals surface area contributed by atoms with Gasteiger partial charge >= 0.3 is 0 Å². The van der Waals surface area contributed by atoms with Gasteiger partial charge in [-0.25, -0.2) is 0 Å². The number of rotatable bonds is 2. The highest BCUT2D eigenvalue weighted by Crippen LogP contribution is 2.04. The smallest absolute Gasteiger partial charge is 0.163 e. The fourth-order valence-corrected chi connectivity index (χ4v) is 0.897. The normalized spacial score (nSPS) is 9.33. The van der Waals surface area contributed by atoms with Crippen molar-refractivity contribution >= 4 is 23.0 Å². The van der Waals surface area contributed by atoms with Gasteiger partial charge in [0.15, 0.2) is 5.11 Å². The average Bonchev–Trinajstić information content (AvgIpc) is 2.03. The number of thiocarbonyl (C=S) groups is 1. The summed E-state index contributed by atoms with van der Waals surface area (Å²) in [6.07, 6.45) is 0. The molecule has 12 heavy (non-hydrogen) atoms. The van der Waals surface area contributed by atoms with Crippen molar-refractivity contribution in [2.75, 3.05) is 5.73 Å². The lowest BCUT2D eigenvalue weighted by atomic mass is 10.2. The topological polar surface area (TPSA) is 64.1 Å². The van der Waals surface area contributed by atoms with Gasteiger partial charge in [0.05, 0.1) is 0 Å². The monoisotopic (exact) mass is 181 g/mol. The van der Waals surface area contributed by atoms with E-state index in [-0.39, 0.29) is 0 Å². The maximum absolute atomic E-state index is 5.51. The Morgan fingerprint density at radius 3 is 2.42 bits per heavy atom. The Labute approximate surface area is 76.7 Å². The van der Waals surface area contributed by atoms with E-state index in [4.69, 9.17) is 11.5 Å². The Hall–Kier alpha value is -1.29. The number of benzene rings is 1. The molecule has 0 bridgehead atoms. The number of hydrogen-bond donors (Lipinski definition) is 3. The van der Waals surface area contributed by atoms with Gasteiger partial charge in [0.2, 0.25) is 0 Å². The molecule has 0 aliphatic rings. The predicted molar refractivity (Wildman–Crippen MR) is 54.5 cm³/mol. The van der Waals surface area contributed by atoms with E-state index in [1.165, 1.54) is 0 Å². The molecule has 64 valence electrons. The van der Waals surface area contributed by atoms with E-state index in [2.05, 4.69) is 17.5 Å². The van der Waals surface area contributed by atoms with E-state index >= 15 is 0 Å². The molecule has 0 spiro atoms. The van der Waals surface area contributed by atoms with Gasteiger partial charge in [-0.1, -0.05) is 12.1 Å². The summed E-state index contributed by atoms with van der Waals surface area (Å²) in [4.78, 5) is 0. The highest BCUT2D eigenvalue weighted by Gasteiger charge is 1.91. The summed E-state index contributed by atoms with van der Waals surface area (Å²) in [5.41, 5.74) is 12.6. The van der Waals surface area contributed by atoms with Crippen molar-refractivity contribution in [1.82, 2.24) is 5.32 Å². The van der Waals surface area contributed by atoms with Gasteiger partial charge in [-0.3, -0.25) is 0 Å². The number of nitrogens with one attached hydrogen (secondary N) is 1. The van der Waals surface area contributed by atoms with Gasteiger partial charge in [0, 0.05) is 12.2 Å². The van der Waals surface area contributed by atoms with Crippen LogP contribution >= 0.6 is 12.2 Å². The highest BCUT2D eigenvalue weighted by atomic mass is 32.1. The summed E-state index contributed by atoms with van der Waals surface area (Å²) in [6.45, 7) is 0.648. The van der Waals surface area contributed by atoms with Crippen LogP contribution in [-0.4, -0.2) is 5.11 Å². The van der Waals surface area contributed by atoms with Crippen molar-refractivity contribution in [3.8, 4) is 0 Å². The van der Waals surface area contributed by atoms with E-state index in [0.29, 0.717) is 11.7 Å². The van der Waals surface area contributed by atoms with E-state index in [0.717, 1.165) is 11.3 Å². The number of nitrogen functional groups attached to an aromatic ring is 1. The third-order valence-corrected chi connectivity index (χ3v) is 1.59. The van der Waals surface area contributed by atoms with Gasteiger partial charge in [-0.05, 0) is 29.9 Å². The number of nitrogens with two attached hydrogens (primary N) is 2. The van der Waals surface area contributed by atoms with Crippen molar-refractivity contribution in [3.05, 3.63) is 29.8 Å². The molecule has 1 rings (SSSR count). The second kappa shape index (κ2) is 3.92. The van der Waals surface area contributed by atoms with E-state index in [9.17, 15) is 0 Å². The van der Waals surface area contributed by atoms with Crippen molar-refractivity contribution in [3.63, 3.8) is 0 Å². The van der Waals surface area contributed by atoms with Crippen molar-refractivity contribution < 1.29 is 0 Å². The fourth-order valence-electron chi connectivity index (χ4n) is 0.825. The van der Waals surface area contributed by atoms with Gasteiger partial charge in [-0.2, -0.15) is 0 Å². The van der Waals surface area contributed by atoms with Crippen molar-refractivity contribution in [2.45, 2.75) is 6.54 Å². The first-order chi connectivity index (χ1) is 5.68. The summed E-state index contributed by atoms with van der Waals surface area (Å²) >= 11 is 4.66. The molecular formula is C8H11N3S. The second-order valence-corrected chi connectivity index (χ2v) is 2.90. The Morgan fingerprint density at radius 1 is 1.33 bits per heavy atom. The molecule has 1 aromatic carbocycles. The zero-order valence-corrected chi connectivity index (χ0v) is 7.40. The molecule has 0 amide bonds. The summed E-state index contributed by atoms with van der Waals surface area (Å²) in [5, 5.41) is 3.16. The van der Waals surface area contributed by atoms with E-state index < -0.39 is 0 Å². The molecule has 0 atom stereocenters. The zero-order chi connectivity index (χ0) is 8.97. The summed E-state index contributed by atoms with van der Waals surface area (Å²) in [5.74, 6) is 0. The minimum Gasteiger partial charge on any atom is -0.399 e. The third-order valence-electron chi connectivity index (χ3n) is 1.45. The van der Waals surface area contributed by atoms with Crippen LogP contribution in [0, 0.1) is 0 Å². The first-order valence-electron chi connectivity index (χ1n) is 3.56. The van der Waals surface area contributed by atoms with Crippen molar-refractivity contribution in [1.29, 1.82) is 0 Å². The molecule has 4 heteroatoms. The minimum atomic E-state index is 0.312. The first-order valence-corrected chi connectivity index (χ1v) is 3.97. The molecule has 0 unspecified atom stereocenters. The standard InChI is InChI=1S/C8H11N3S/c9-7-3-1-6(2-4-7)5-11-8(10)12/h1-4H,5,9H2,(H3,10,11,12). The zero-order valence-electron chi connectivity index (χ0n) is 6.58.